The lowest BCUT2D eigenvalue weighted by atomic mass is 9.90. The molecule has 0 heterocycles. The molecular formula is C70H78O4P2. The van der Waals surface area contributed by atoms with E-state index in [0.717, 1.165) is 86.7 Å². The predicted octanol–water partition coefficient (Wildman–Crippen LogP) is 16.3. The smallest absolute Gasteiger partial charge is 0.126 e. The Morgan fingerprint density at radius 1 is 0.289 bits per heavy atom. The molecule has 0 fully saturated rings. The summed E-state index contributed by atoms with van der Waals surface area (Å²) < 4.78 is 28.4. The lowest BCUT2D eigenvalue weighted by Gasteiger charge is -2.25. The quantitative estimate of drug-likeness (QED) is 0.0446. The molecule has 0 atom stereocenters. The third-order valence-corrected chi connectivity index (χ3v) is 19.5. The van der Waals surface area contributed by atoms with Crippen molar-refractivity contribution < 1.29 is 18.9 Å². The van der Waals surface area contributed by atoms with Gasteiger partial charge in [-0.15, -0.1) is 0 Å². The topological polar surface area (TPSA) is 36.9 Å². The van der Waals surface area contributed by atoms with Gasteiger partial charge in [0.25, 0.3) is 0 Å². The van der Waals surface area contributed by atoms with Crippen molar-refractivity contribution in [1.82, 2.24) is 0 Å². The molecule has 392 valence electrons. The normalized spacial score (nSPS) is 12.2. The third kappa shape index (κ3) is 14.2. The Hall–Kier alpha value is -6.18. The monoisotopic (exact) mass is 1040 g/mol. The minimum Gasteiger partial charge on any atom is -0.493 e. The van der Waals surface area contributed by atoms with E-state index >= 15 is 0 Å². The van der Waals surface area contributed by atoms with Crippen molar-refractivity contribution in [2.75, 3.05) is 26.4 Å². The van der Waals surface area contributed by atoms with Crippen LogP contribution in [0.1, 0.15) is 135 Å². The molecule has 6 heteroatoms. The van der Waals surface area contributed by atoms with Gasteiger partial charge in [-0.05, 0) is 118 Å². The molecule has 1 aliphatic rings. The fraction of sp³-hybridized carbons (Fsp3) is 0.314. The van der Waals surface area contributed by atoms with E-state index in [2.05, 4.69) is 210 Å². The highest BCUT2D eigenvalue weighted by molar-refractivity contribution is 7.72. The van der Waals surface area contributed by atoms with Crippen molar-refractivity contribution >= 4 is 37.1 Å². The Kier molecular flexibility index (Phi) is 20.3. The van der Waals surface area contributed by atoms with E-state index in [0.29, 0.717) is 52.1 Å². The molecule has 0 aromatic heterocycles. The summed E-state index contributed by atoms with van der Waals surface area (Å²) in [6.07, 6.45) is 12.7. The van der Waals surface area contributed by atoms with E-state index in [1.807, 2.05) is 0 Å². The van der Waals surface area contributed by atoms with E-state index in [-0.39, 0.29) is 0 Å². The molecule has 0 unspecified atom stereocenters. The van der Waals surface area contributed by atoms with Crippen molar-refractivity contribution in [2.45, 2.75) is 117 Å². The van der Waals surface area contributed by atoms with Crippen molar-refractivity contribution in [3.63, 3.8) is 0 Å². The maximum Gasteiger partial charge on any atom is 0.126 e. The van der Waals surface area contributed by atoms with Gasteiger partial charge >= 0.3 is 0 Å². The van der Waals surface area contributed by atoms with Crippen LogP contribution in [0.2, 0.25) is 0 Å². The molecule has 0 radical (unpaired) electrons. The average molecular weight is 1050 g/mol. The first-order chi connectivity index (χ1) is 37.5. The highest BCUT2D eigenvalue weighted by Gasteiger charge is 2.26. The standard InChI is InChI=1S/C70H78O4P2/c1-5-9-39-71-67-55-27-25-28-56(67)48-60-44-54(52-76(65-35-21-15-22-36-65)66-37-23-16-24-38-66)46-62(70(60)74-42-12-8-4)50-58-30-26-29-57(68(58)72-40-10-6-2)49-61-45-53(43-59(47-55)69(61)73-41-11-7-3)51-75(63-31-17-13-18-32-63)64-33-19-14-20-34-64/h13-38,43-46H,5-12,39-42,47-52H2,1-4H3. The van der Waals surface area contributed by atoms with Gasteiger partial charge in [-0.3, -0.25) is 0 Å². The fourth-order valence-electron chi connectivity index (χ4n) is 10.5. The predicted molar refractivity (Wildman–Crippen MR) is 324 cm³/mol. The van der Waals surface area contributed by atoms with Crippen molar-refractivity contribution in [3.05, 3.63) is 238 Å². The van der Waals surface area contributed by atoms with Crippen LogP contribution in [0.25, 0.3) is 0 Å². The van der Waals surface area contributed by atoms with Crippen molar-refractivity contribution in [3.8, 4) is 23.0 Å². The van der Waals surface area contributed by atoms with E-state index in [1.165, 1.54) is 76.9 Å². The second-order valence-corrected chi connectivity index (χ2v) is 24.7. The van der Waals surface area contributed by atoms with Gasteiger partial charge in [0.2, 0.25) is 0 Å². The van der Waals surface area contributed by atoms with Gasteiger partial charge in [-0.1, -0.05) is 235 Å². The zero-order valence-corrected chi connectivity index (χ0v) is 47.4. The van der Waals surface area contributed by atoms with Gasteiger partial charge in [-0.2, -0.15) is 0 Å². The van der Waals surface area contributed by atoms with Crippen LogP contribution in [0.4, 0.5) is 0 Å². The molecule has 8 aromatic rings. The van der Waals surface area contributed by atoms with Gasteiger partial charge in [-0.25, -0.2) is 0 Å². The molecule has 0 aliphatic heterocycles. The summed E-state index contributed by atoms with van der Waals surface area (Å²) in [7, 11) is -1.41. The Labute approximate surface area is 457 Å². The molecule has 0 amide bonds. The van der Waals surface area contributed by atoms with Crippen LogP contribution in [-0.4, -0.2) is 26.4 Å². The van der Waals surface area contributed by atoms with Gasteiger partial charge in [0.05, 0.1) is 26.4 Å². The first-order valence-electron chi connectivity index (χ1n) is 28.3. The van der Waals surface area contributed by atoms with Crippen LogP contribution in [0.3, 0.4) is 0 Å². The molecular weight excluding hydrogens is 967 g/mol. The Morgan fingerprint density at radius 3 is 0.763 bits per heavy atom. The van der Waals surface area contributed by atoms with Crippen LogP contribution < -0.4 is 40.2 Å². The van der Waals surface area contributed by atoms with Crippen LogP contribution in [-0.2, 0) is 38.0 Å². The molecule has 9 rings (SSSR count). The Bertz CT molecular complexity index is 2670. The lowest BCUT2D eigenvalue weighted by molar-refractivity contribution is 0.297. The van der Waals surface area contributed by atoms with Crippen molar-refractivity contribution in [1.29, 1.82) is 0 Å². The number of hydrogen-bond acceptors (Lipinski definition) is 4. The highest BCUT2D eigenvalue weighted by Crippen LogP contribution is 2.45. The lowest BCUT2D eigenvalue weighted by Crippen LogP contribution is -2.14. The summed E-state index contributed by atoms with van der Waals surface area (Å²) in [6, 6.07) is 68.1. The third-order valence-electron chi connectivity index (χ3n) is 14.4. The van der Waals surface area contributed by atoms with Crippen LogP contribution in [0.5, 0.6) is 23.0 Å². The zero-order chi connectivity index (χ0) is 52.3. The summed E-state index contributed by atoms with van der Waals surface area (Å²) in [6.45, 7) is 11.6. The minimum atomic E-state index is -0.706. The molecule has 0 saturated heterocycles. The molecule has 0 saturated carbocycles. The summed E-state index contributed by atoms with van der Waals surface area (Å²) in [5, 5.41) is 5.52. The number of hydrogen-bond donors (Lipinski definition) is 0. The largest absolute Gasteiger partial charge is 0.493 e. The Morgan fingerprint density at radius 2 is 0.526 bits per heavy atom. The minimum absolute atomic E-state index is 0.656. The maximum absolute atomic E-state index is 7.12. The van der Waals surface area contributed by atoms with Gasteiger partial charge in [0.15, 0.2) is 0 Å². The number of para-hydroxylation sites is 2. The SMILES string of the molecule is CCCCOc1c2cccc1Cc1cc(CP(c3ccccc3)c3ccccc3)cc(c1OCCCC)Cc1cccc(c1OCCCC)Cc1cc(CP(c3ccccc3)c3ccccc3)cc(c1OCCCC)C2. The van der Waals surface area contributed by atoms with E-state index in [9.17, 15) is 0 Å². The molecule has 76 heavy (non-hydrogen) atoms. The maximum atomic E-state index is 7.12. The molecule has 8 bridgehead atoms. The fourth-order valence-corrected chi connectivity index (χ4v) is 15.0. The molecule has 0 spiro atoms. The summed E-state index contributed by atoms with van der Waals surface area (Å²) in [5.74, 6) is 3.98. The van der Waals surface area contributed by atoms with Crippen molar-refractivity contribution in [2.24, 2.45) is 0 Å². The summed E-state index contributed by atoms with van der Waals surface area (Å²) >= 11 is 0. The number of benzene rings is 8. The van der Waals surface area contributed by atoms with Crippen LogP contribution in [0.15, 0.2) is 182 Å². The molecule has 8 aromatic carbocycles. The molecule has 0 N–H and O–H groups in total. The first-order valence-corrected chi connectivity index (χ1v) is 31.4. The van der Waals surface area contributed by atoms with Gasteiger partial charge in [0.1, 0.15) is 23.0 Å². The zero-order valence-electron chi connectivity index (χ0n) is 45.6. The van der Waals surface area contributed by atoms with E-state index < -0.39 is 15.8 Å². The van der Waals surface area contributed by atoms with E-state index in [4.69, 9.17) is 18.9 Å². The van der Waals surface area contributed by atoms with Gasteiger partial charge in [0, 0.05) is 38.0 Å². The highest BCUT2D eigenvalue weighted by atomic mass is 31.1. The number of fused-ring (bicyclic) bond motifs is 8. The Balaban J connectivity index is 1.27. The summed E-state index contributed by atoms with van der Waals surface area (Å²) in [5.41, 5.74) is 12.2. The van der Waals surface area contributed by atoms with Gasteiger partial charge < -0.3 is 18.9 Å². The summed E-state index contributed by atoms with van der Waals surface area (Å²) in [4.78, 5) is 0. The number of unbranched alkanes of at least 4 members (excludes halogenated alkanes) is 4. The average Bonchev–Trinajstić information content (AvgIpc) is 3.45. The molecule has 4 nitrogen and oxygen atoms in total. The second-order valence-electron chi connectivity index (χ2n) is 20.3. The van der Waals surface area contributed by atoms with E-state index in [1.54, 1.807) is 0 Å². The van der Waals surface area contributed by atoms with Crippen LogP contribution >= 0.6 is 15.8 Å². The first kappa shape index (κ1) is 54.6. The number of rotatable bonds is 24. The number of ether oxygens (including phenoxy) is 4. The van der Waals surface area contributed by atoms with Crippen LogP contribution in [0, 0.1) is 0 Å². The molecule has 1 aliphatic carbocycles. The second kappa shape index (κ2) is 28.3.